The van der Waals surface area contributed by atoms with Crippen LogP contribution < -0.4 is 5.32 Å². The maximum atomic E-state index is 3.92. The molecule has 2 heteroatoms. The topological polar surface area (TPSA) is 12.0 Å². The summed E-state index contributed by atoms with van der Waals surface area (Å²) in [7, 11) is 0. The fourth-order valence-corrected chi connectivity index (χ4v) is 3.99. The summed E-state index contributed by atoms with van der Waals surface area (Å²) in [4.78, 5) is 1.51. The minimum absolute atomic E-state index is 0.204. The highest BCUT2D eigenvalue weighted by Crippen LogP contribution is 2.44. The quantitative estimate of drug-likeness (QED) is 0.789. The van der Waals surface area contributed by atoms with Crippen LogP contribution in [0.25, 0.3) is 0 Å². The molecular weight excluding hydrogens is 238 g/mol. The van der Waals surface area contributed by atoms with Crippen LogP contribution >= 0.6 is 11.3 Å². The Morgan fingerprint density at radius 2 is 1.94 bits per heavy atom. The molecule has 0 spiro atoms. The Labute approximate surface area is 116 Å². The number of thiophene rings is 1. The van der Waals surface area contributed by atoms with Crippen molar-refractivity contribution in [3.8, 4) is 0 Å². The van der Waals surface area contributed by atoms with Gasteiger partial charge in [0.05, 0.1) is 0 Å². The highest BCUT2D eigenvalue weighted by molar-refractivity contribution is 7.10. The van der Waals surface area contributed by atoms with Crippen molar-refractivity contribution in [1.82, 2.24) is 5.32 Å². The van der Waals surface area contributed by atoms with Gasteiger partial charge in [0.2, 0.25) is 0 Å². The Morgan fingerprint density at radius 1 is 1.28 bits per heavy atom. The Kier molecular flexibility index (Phi) is 3.89. The van der Waals surface area contributed by atoms with Crippen LogP contribution in [0.2, 0.25) is 0 Å². The summed E-state index contributed by atoms with van der Waals surface area (Å²) in [6, 6.07) is 5.03. The molecule has 1 aromatic rings. The van der Waals surface area contributed by atoms with E-state index in [2.05, 4.69) is 57.4 Å². The lowest BCUT2D eigenvalue weighted by molar-refractivity contribution is 0.216. The van der Waals surface area contributed by atoms with Crippen molar-refractivity contribution in [3.63, 3.8) is 0 Å². The van der Waals surface area contributed by atoms with Crippen LogP contribution in [0.5, 0.6) is 0 Å². The van der Waals surface area contributed by atoms with Gasteiger partial charge in [0.25, 0.3) is 0 Å². The zero-order valence-electron chi connectivity index (χ0n) is 12.4. The first-order valence-electron chi connectivity index (χ1n) is 7.08. The van der Waals surface area contributed by atoms with Gasteiger partial charge < -0.3 is 5.32 Å². The van der Waals surface area contributed by atoms with Crippen LogP contribution in [-0.4, -0.2) is 5.54 Å². The molecule has 0 aromatic carbocycles. The fourth-order valence-electron chi connectivity index (χ4n) is 3.12. The molecule has 1 aromatic heterocycles. The molecule has 1 nitrogen and oxygen atoms in total. The van der Waals surface area contributed by atoms with Gasteiger partial charge in [-0.25, -0.2) is 0 Å². The second-order valence-corrected chi connectivity index (χ2v) is 8.58. The average molecular weight is 265 g/mol. The van der Waals surface area contributed by atoms with E-state index in [1.54, 1.807) is 0 Å². The molecule has 1 fully saturated rings. The van der Waals surface area contributed by atoms with Crippen LogP contribution in [0, 0.1) is 11.3 Å². The number of nitrogens with one attached hydrogen (secondary N) is 1. The van der Waals surface area contributed by atoms with Crippen molar-refractivity contribution in [2.75, 3.05) is 0 Å². The molecule has 0 saturated heterocycles. The Morgan fingerprint density at radius 3 is 2.39 bits per heavy atom. The third-order valence-corrected chi connectivity index (χ3v) is 4.42. The van der Waals surface area contributed by atoms with E-state index < -0.39 is 0 Å². The smallest absolute Gasteiger partial charge is 0.0447 e. The SMILES string of the molecule is CC(C)(C)CC(C)(C)NC(c1cccs1)C1CC1. The molecule has 0 radical (unpaired) electrons. The van der Waals surface area contributed by atoms with Crippen LogP contribution in [0.4, 0.5) is 0 Å². The Balaban J connectivity index is 2.05. The zero-order chi connectivity index (χ0) is 13.4. The lowest BCUT2D eigenvalue weighted by Crippen LogP contribution is -2.44. The summed E-state index contributed by atoms with van der Waals surface area (Å²) in [5, 5.41) is 6.12. The summed E-state index contributed by atoms with van der Waals surface area (Å²) in [5.41, 5.74) is 0.579. The van der Waals surface area contributed by atoms with E-state index in [4.69, 9.17) is 0 Å². The van der Waals surface area contributed by atoms with E-state index in [0.29, 0.717) is 11.5 Å². The zero-order valence-corrected chi connectivity index (χ0v) is 13.2. The van der Waals surface area contributed by atoms with E-state index in [0.717, 1.165) is 5.92 Å². The van der Waals surface area contributed by atoms with Gasteiger partial charge in [0, 0.05) is 16.5 Å². The predicted octanol–water partition coefficient (Wildman–Crippen LogP) is 5.00. The predicted molar refractivity (Wildman–Crippen MR) is 81.1 cm³/mol. The maximum absolute atomic E-state index is 3.92. The fraction of sp³-hybridized carbons (Fsp3) is 0.750. The van der Waals surface area contributed by atoms with Crippen LogP contribution in [0.3, 0.4) is 0 Å². The largest absolute Gasteiger partial charge is 0.304 e. The molecule has 0 bridgehead atoms. The van der Waals surface area contributed by atoms with Gasteiger partial charge in [0.15, 0.2) is 0 Å². The van der Waals surface area contributed by atoms with Crippen molar-refractivity contribution in [1.29, 1.82) is 0 Å². The van der Waals surface area contributed by atoms with Crippen molar-refractivity contribution < 1.29 is 0 Å². The molecule has 1 saturated carbocycles. The standard InChI is InChI=1S/C16H27NS/c1-15(2,3)11-16(4,5)17-14(12-8-9-12)13-7-6-10-18-13/h6-7,10,12,14,17H,8-9,11H2,1-5H3. The van der Waals surface area contributed by atoms with Crippen molar-refractivity contribution in [2.24, 2.45) is 11.3 Å². The monoisotopic (exact) mass is 265 g/mol. The van der Waals surface area contributed by atoms with E-state index >= 15 is 0 Å². The minimum Gasteiger partial charge on any atom is -0.304 e. The number of hydrogen-bond donors (Lipinski definition) is 1. The van der Waals surface area contributed by atoms with Gasteiger partial charge in [0.1, 0.15) is 0 Å². The molecule has 1 aliphatic rings. The third kappa shape index (κ3) is 4.10. The Hall–Kier alpha value is -0.340. The van der Waals surface area contributed by atoms with E-state index in [-0.39, 0.29) is 5.54 Å². The molecular formula is C16H27NS. The summed E-state index contributed by atoms with van der Waals surface area (Å²) in [6.45, 7) is 11.7. The summed E-state index contributed by atoms with van der Waals surface area (Å²) in [6.07, 6.45) is 3.98. The molecule has 0 amide bonds. The molecule has 1 N–H and O–H groups in total. The van der Waals surface area contributed by atoms with Gasteiger partial charge >= 0.3 is 0 Å². The van der Waals surface area contributed by atoms with Gasteiger partial charge in [-0.05, 0) is 55.9 Å². The first-order valence-corrected chi connectivity index (χ1v) is 7.96. The van der Waals surface area contributed by atoms with Gasteiger partial charge in [-0.1, -0.05) is 26.8 Å². The van der Waals surface area contributed by atoms with E-state index in [9.17, 15) is 0 Å². The Bertz CT molecular complexity index is 368. The van der Waals surface area contributed by atoms with Gasteiger partial charge in [-0.2, -0.15) is 0 Å². The highest BCUT2D eigenvalue weighted by Gasteiger charge is 2.37. The maximum Gasteiger partial charge on any atom is 0.0447 e. The first-order chi connectivity index (χ1) is 8.27. The summed E-state index contributed by atoms with van der Waals surface area (Å²) < 4.78 is 0. The molecule has 1 heterocycles. The van der Waals surface area contributed by atoms with Crippen LogP contribution in [0.15, 0.2) is 17.5 Å². The second kappa shape index (κ2) is 4.97. The summed E-state index contributed by atoms with van der Waals surface area (Å²) >= 11 is 1.90. The molecule has 0 aliphatic heterocycles. The molecule has 1 unspecified atom stereocenters. The molecule has 102 valence electrons. The lowest BCUT2D eigenvalue weighted by atomic mass is 9.81. The van der Waals surface area contributed by atoms with Crippen molar-refractivity contribution in [2.45, 2.75) is 65.5 Å². The third-order valence-electron chi connectivity index (χ3n) is 3.46. The highest BCUT2D eigenvalue weighted by atomic mass is 32.1. The first kappa shape index (κ1) is 14.1. The van der Waals surface area contributed by atoms with Gasteiger partial charge in [-0.3, -0.25) is 0 Å². The normalized spacial score (nSPS) is 18.9. The molecule has 1 aliphatic carbocycles. The number of hydrogen-bond acceptors (Lipinski definition) is 2. The van der Waals surface area contributed by atoms with Crippen molar-refractivity contribution >= 4 is 11.3 Å². The van der Waals surface area contributed by atoms with E-state index in [1.807, 2.05) is 11.3 Å². The van der Waals surface area contributed by atoms with Crippen molar-refractivity contribution in [3.05, 3.63) is 22.4 Å². The second-order valence-electron chi connectivity index (χ2n) is 7.60. The molecule has 18 heavy (non-hydrogen) atoms. The molecule has 2 rings (SSSR count). The lowest BCUT2D eigenvalue weighted by Gasteiger charge is -2.37. The van der Waals surface area contributed by atoms with Crippen LogP contribution in [-0.2, 0) is 0 Å². The average Bonchev–Trinajstić information content (AvgIpc) is 2.86. The van der Waals surface area contributed by atoms with E-state index in [1.165, 1.54) is 24.1 Å². The number of rotatable bonds is 5. The molecule has 1 atom stereocenters. The van der Waals surface area contributed by atoms with Gasteiger partial charge in [-0.15, -0.1) is 11.3 Å². The van der Waals surface area contributed by atoms with Crippen LogP contribution in [0.1, 0.15) is 64.8 Å². The summed E-state index contributed by atoms with van der Waals surface area (Å²) in [5.74, 6) is 0.864. The minimum atomic E-state index is 0.204.